The molecule has 1 aromatic rings. The molecule has 1 rings (SSSR count). The fourth-order valence-electron chi connectivity index (χ4n) is 1.08. The summed E-state index contributed by atoms with van der Waals surface area (Å²) < 4.78 is 0. The van der Waals surface area contributed by atoms with Gasteiger partial charge in [0.1, 0.15) is 0 Å². The van der Waals surface area contributed by atoms with E-state index in [1.807, 2.05) is 0 Å². The standard InChI is InChI=1S/C8H11N3O2.2ClH/c9-4-6-1-2-7(5-10)8(3-6)11(12)13;;/h1-3H,4-5,9-10H2;2*1H. The maximum atomic E-state index is 10.6. The highest BCUT2D eigenvalue weighted by atomic mass is 35.5. The molecule has 7 heteroatoms. The van der Waals surface area contributed by atoms with Crippen molar-refractivity contribution in [2.24, 2.45) is 11.5 Å². The normalized spacial score (nSPS) is 8.67. The topological polar surface area (TPSA) is 95.2 Å². The zero-order chi connectivity index (χ0) is 9.84. The van der Waals surface area contributed by atoms with Gasteiger partial charge in [0, 0.05) is 24.7 Å². The quantitative estimate of drug-likeness (QED) is 0.628. The second-order valence-electron chi connectivity index (χ2n) is 2.63. The third-order valence-corrected chi connectivity index (χ3v) is 1.80. The van der Waals surface area contributed by atoms with Gasteiger partial charge >= 0.3 is 0 Å². The second-order valence-corrected chi connectivity index (χ2v) is 2.63. The van der Waals surface area contributed by atoms with Gasteiger partial charge in [0.2, 0.25) is 0 Å². The first-order chi connectivity index (χ1) is 6.19. The number of halogens is 2. The van der Waals surface area contributed by atoms with Gasteiger partial charge in [-0.15, -0.1) is 24.8 Å². The van der Waals surface area contributed by atoms with Gasteiger partial charge in [0.05, 0.1) is 4.92 Å². The predicted molar refractivity (Wildman–Crippen MR) is 63.4 cm³/mol. The molecule has 0 atom stereocenters. The third-order valence-electron chi connectivity index (χ3n) is 1.80. The SMILES string of the molecule is Cl.Cl.NCc1ccc(CN)c([N+](=O)[O-])c1. The molecule has 0 aromatic heterocycles. The summed E-state index contributed by atoms with van der Waals surface area (Å²) in [5, 5.41) is 10.6. The van der Waals surface area contributed by atoms with Crippen molar-refractivity contribution in [2.45, 2.75) is 13.1 Å². The average Bonchev–Trinajstić information content (AvgIpc) is 2.16. The number of nitrogens with two attached hydrogens (primary N) is 2. The molecule has 0 fully saturated rings. The molecular weight excluding hydrogens is 241 g/mol. The summed E-state index contributed by atoms with van der Waals surface area (Å²) in [6.45, 7) is 0.465. The fourth-order valence-corrected chi connectivity index (χ4v) is 1.08. The molecule has 5 nitrogen and oxygen atoms in total. The van der Waals surface area contributed by atoms with E-state index in [0.717, 1.165) is 5.56 Å². The van der Waals surface area contributed by atoms with Crippen molar-refractivity contribution in [2.75, 3.05) is 0 Å². The molecule has 0 bridgehead atoms. The Morgan fingerprint density at radius 3 is 2.20 bits per heavy atom. The molecule has 0 heterocycles. The van der Waals surface area contributed by atoms with E-state index >= 15 is 0 Å². The van der Waals surface area contributed by atoms with Crippen LogP contribution in [0.5, 0.6) is 0 Å². The highest BCUT2D eigenvalue weighted by molar-refractivity contribution is 5.85. The molecule has 86 valence electrons. The molecule has 0 amide bonds. The summed E-state index contributed by atoms with van der Waals surface area (Å²) in [4.78, 5) is 10.1. The summed E-state index contributed by atoms with van der Waals surface area (Å²) in [7, 11) is 0. The summed E-state index contributed by atoms with van der Waals surface area (Å²) in [6.07, 6.45) is 0. The second kappa shape index (κ2) is 7.42. The van der Waals surface area contributed by atoms with Gasteiger partial charge < -0.3 is 11.5 Å². The third kappa shape index (κ3) is 4.01. The molecule has 4 N–H and O–H groups in total. The maximum absolute atomic E-state index is 10.6. The molecule has 0 unspecified atom stereocenters. The van der Waals surface area contributed by atoms with Crippen LogP contribution in [0, 0.1) is 10.1 Å². The maximum Gasteiger partial charge on any atom is 0.274 e. The first-order valence-corrected chi connectivity index (χ1v) is 3.85. The molecule has 0 saturated carbocycles. The number of rotatable bonds is 3. The van der Waals surface area contributed by atoms with E-state index < -0.39 is 4.92 Å². The lowest BCUT2D eigenvalue weighted by atomic mass is 10.1. The molecule has 0 spiro atoms. The minimum Gasteiger partial charge on any atom is -0.326 e. The fraction of sp³-hybridized carbons (Fsp3) is 0.250. The van der Waals surface area contributed by atoms with Gasteiger partial charge in [0.15, 0.2) is 0 Å². The molecule has 0 aliphatic rings. The number of benzene rings is 1. The van der Waals surface area contributed by atoms with Crippen molar-refractivity contribution in [3.8, 4) is 0 Å². The Morgan fingerprint density at radius 2 is 1.80 bits per heavy atom. The van der Waals surface area contributed by atoms with Crippen LogP contribution in [0.25, 0.3) is 0 Å². The lowest BCUT2D eigenvalue weighted by Crippen LogP contribution is -2.04. The van der Waals surface area contributed by atoms with Gasteiger partial charge in [-0.1, -0.05) is 12.1 Å². The zero-order valence-electron chi connectivity index (χ0n) is 7.88. The minimum absolute atomic E-state index is 0. The van der Waals surface area contributed by atoms with Crippen molar-refractivity contribution < 1.29 is 4.92 Å². The highest BCUT2D eigenvalue weighted by Gasteiger charge is 2.12. The Hall–Kier alpha value is -0.880. The Kier molecular flexibility index (Phi) is 8.18. The summed E-state index contributed by atoms with van der Waals surface area (Å²) in [5.74, 6) is 0. The van der Waals surface area contributed by atoms with E-state index in [1.165, 1.54) is 6.07 Å². The van der Waals surface area contributed by atoms with Crippen LogP contribution in [-0.4, -0.2) is 4.92 Å². The number of nitro benzene ring substituents is 1. The van der Waals surface area contributed by atoms with Crippen molar-refractivity contribution in [1.82, 2.24) is 0 Å². The summed E-state index contributed by atoms with van der Waals surface area (Å²) in [5.41, 5.74) is 12.0. The van der Waals surface area contributed by atoms with E-state index in [9.17, 15) is 10.1 Å². The van der Waals surface area contributed by atoms with Crippen molar-refractivity contribution in [3.05, 3.63) is 39.4 Å². The van der Waals surface area contributed by atoms with Gasteiger partial charge in [-0.2, -0.15) is 0 Å². The monoisotopic (exact) mass is 253 g/mol. The molecule has 0 aliphatic heterocycles. The van der Waals surface area contributed by atoms with Crippen molar-refractivity contribution in [3.63, 3.8) is 0 Å². The van der Waals surface area contributed by atoms with Crippen LogP contribution >= 0.6 is 24.8 Å². The van der Waals surface area contributed by atoms with Crippen LogP contribution in [0.2, 0.25) is 0 Å². The smallest absolute Gasteiger partial charge is 0.274 e. The summed E-state index contributed by atoms with van der Waals surface area (Å²) >= 11 is 0. The number of nitrogens with zero attached hydrogens (tertiary/aromatic N) is 1. The molecule has 0 radical (unpaired) electrons. The van der Waals surface area contributed by atoms with Gasteiger partial charge in [0.25, 0.3) is 5.69 Å². The Morgan fingerprint density at radius 1 is 1.20 bits per heavy atom. The van der Waals surface area contributed by atoms with Crippen LogP contribution in [0.3, 0.4) is 0 Å². The lowest BCUT2D eigenvalue weighted by molar-refractivity contribution is -0.385. The summed E-state index contributed by atoms with van der Waals surface area (Å²) in [6, 6.07) is 4.84. The molecule has 1 aromatic carbocycles. The highest BCUT2D eigenvalue weighted by Crippen LogP contribution is 2.19. The Labute approximate surface area is 99.8 Å². The van der Waals surface area contributed by atoms with Crippen molar-refractivity contribution >= 4 is 30.5 Å². The van der Waals surface area contributed by atoms with Crippen molar-refractivity contribution in [1.29, 1.82) is 0 Å². The van der Waals surface area contributed by atoms with E-state index in [0.29, 0.717) is 12.1 Å². The molecular formula is C8H13Cl2N3O2. The van der Waals surface area contributed by atoms with Crippen LogP contribution < -0.4 is 11.5 Å². The molecule has 0 aliphatic carbocycles. The Balaban J connectivity index is 0. The first-order valence-electron chi connectivity index (χ1n) is 3.85. The van der Waals surface area contributed by atoms with Crippen LogP contribution in [0.4, 0.5) is 5.69 Å². The largest absolute Gasteiger partial charge is 0.326 e. The van der Waals surface area contributed by atoms with E-state index in [-0.39, 0.29) is 37.0 Å². The lowest BCUT2D eigenvalue weighted by Gasteiger charge is -2.01. The predicted octanol–water partition coefficient (Wildman–Crippen LogP) is 1.36. The van der Waals surface area contributed by atoms with Gasteiger partial charge in [-0.05, 0) is 5.56 Å². The number of nitro groups is 1. The van der Waals surface area contributed by atoms with Crippen LogP contribution in [0.1, 0.15) is 11.1 Å². The number of hydrogen-bond acceptors (Lipinski definition) is 4. The number of hydrogen-bond donors (Lipinski definition) is 2. The van der Waals surface area contributed by atoms with Gasteiger partial charge in [-0.25, -0.2) is 0 Å². The van der Waals surface area contributed by atoms with E-state index in [1.54, 1.807) is 12.1 Å². The first kappa shape index (κ1) is 16.5. The Bertz CT molecular complexity index is 334. The van der Waals surface area contributed by atoms with Crippen LogP contribution in [-0.2, 0) is 13.1 Å². The average molecular weight is 254 g/mol. The molecule has 15 heavy (non-hydrogen) atoms. The zero-order valence-corrected chi connectivity index (χ0v) is 9.51. The molecule has 0 saturated heterocycles. The minimum atomic E-state index is -0.443. The van der Waals surface area contributed by atoms with E-state index in [4.69, 9.17) is 11.5 Å². The van der Waals surface area contributed by atoms with Crippen LogP contribution in [0.15, 0.2) is 18.2 Å². The van der Waals surface area contributed by atoms with E-state index in [2.05, 4.69) is 0 Å². The van der Waals surface area contributed by atoms with Gasteiger partial charge in [-0.3, -0.25) is 10.1 Å².